The summed E-state index contributed by atoms with van der Waals surface area (Å²) in [6.45, 7) is 7.96. The van der Waals surface area contributed by atoms with Gasteiger partial charge in [0.05, 0.1) is 0 Å². The normalized spacial score (nSPS) is 14.4. The van der Waals surface area contributed by atoms with Crippen LogP contribution < -0.4 is 5.43 Å². The number of amidine groups is 1. The van der Waals surface area contributed by atoms with Gasteiger partial charge in [-0.3, -0.25) is 5.43 Å². The summed E-state index contributed by atoms with van der Waals surface area (Å²) >= 11 is 1.35. The summed E-state index contributed by atoms with van der Waals surface area (Å²) in [5.74, 6) is 1.11. The summed E-state index contributed by atoms with van der Waals surface area (Å²) in [5, 5.41) is 3.91. The maximum atomic E-state index is 4.16. The van der Waals surface area contributed by atoms with Crippen molar-refractivity contribution < 1.29 is 0 Å². The molecular weight excluding hydrogens is 222 g/mol. The van der Waals surface area contributed by atoms with Gasteiger partial charge in [-0.15, -0.1) is 0 Å². The molecule has 5 nitrogen and oxygen atoms in total. The molecule has 0 saturated carbocycles. The van der Waals surface area contributed by atoms with Crippen LogP contribution in [0.4, 0.5) is 0 Å². The van der Waals surface area contributed by atoms with E-state index in [1.54, 1.807) is 0 Å². The number of hydrogen-bond donors (Lipinski definition) is 1. The lowest BCUT2D eigenvalue weighted by Crippen LogP contribution is -2.13. The minimum absolute atomic E-state index is 0.440. The molecule has 0 aromatic carbocycles. The molecule has 0 heterocycles. The molecule has 0 aromatic rings. The van der Waals surface area contributed by atoms with E-state index in [1.165, 1.54) is 24.6 Å². The van der Waals surface area contributed by atoms with Crippen LogP contribution in [0.25, 0.3) is 0 Å². The first-order valence-electron chi connectivity index (χ1n) is 4.99. The van der Waals surface area contributed by atoms with Crippen LogP contribution in [0.1, 0.15) is 27.7 Å². The molecule has 0 radical (unpaired) electrons. The zero-order valence-corrected chi connectivity index (χ0v) is 11.2. The second kappa shape index (κ2) is 9.08. The van der Waals surface area contributed by atoms with E-state index in [1.807, 2.05) is 20.1 Å². The van der Waals surface area contributed by atoms with Gasteiger partial charge in [-0.25, -0.2) is 14.4 Å². The predicted octanol–water partition coefficient (Wildman–Crippen LogP) is 2.36. The van der Waals surface area contributed by atoms with Crippen LogP contribution in [0, 0.1) is 5.92 Å². The van der Waals surface area contributed by atoms with Crippen LogP contribution in [0.5, 0.6) is 0 Å². The van der Waals surface area contributed by atoms with Crippen molar-refractivity contribution in [3.8, 4) is 0 Å². The first kappa shape index (κ1) is 14.8. The SMILES string of the molecule is CS/N=C\N=C(/C)N/N=C\N=C(/C)C(C)C. The van der Waals surface area contributed by atoms with E-state index in [0.29, 0.717) is 11.8 Å². The van der Waals surface area contributed by atoms with Crippen molar-refractivity contribution in [1.29, 1.82) is 0 Å². The zero-order valence-electron chi connectivity index (χ0n) is 10.4. The van der Waals surface area contributed by atoms with Crippen LogP contribution in [-0.2, 0) is 0 Å². The molecule has 0 fully saturated rings. The lowest BCUT2D eigenvalue weighted by Gasteiger charge is -2.00. The fraction of sp³-hybridized carbons (Fsp3) is 0.600. The quantitative estimate of drug-likeness (QED) is 0.347. The van der Waals surface area contributed by atoms with Crippen LogP contribution in [-0.4, -0.2) is 30.5 Å². The second-order valence-corrected chi connectivity index (χ2v) is 3.98. The van der Waals surface area contributed by atoms with Gasteiger partial charge in [0.15, 0.2) is 0 Å². The molecule has 90 valence electrons. The Morgan fingerprint density at radius 3 is 2.44 bits per heavy atom. The molecule has 16 heavy (non-hydrogen) atoms. The van der Waals surface area contributed by atoms with Gasteiger partial charge in [0.2, 0.25) is 0 Å². The Bertz CT molecular complexity index is 304. The van der Waals surface area contributed by atoms with E-state index >= 15 is 0 Å². The molecule has 0 aliphatic rings. The van der Waals surface area contributed by atoms with E-state index in [2.05, 4.69) is 38.8 Å². The van der Waals surface area contributed by atoms with Crippen molar-refractivity contribution in [2.45, 2.75) is 27.7 Å². The van der Waals surface area contributed by atoms with Gasteiger partial charge in [0.25, 0.3) is 0 Å². The first-order chi connectivity index (χ1) is 7.57. The molecule has 0 aliphatic carbocycles. The third kappa shape index (κ3) is 8.16. The first-order valence-corrected chi connectivity index (χ1v) is 6.17. The summed E-state index contributed by atoms with van der Waals surface area (Å²) < 4.78 is 3.88. The number of rotatable bonds is 5. The van der Waals surface area contributed by atoms with E-state index in [0.717, 1.165) is 5.71 Å². The summed E-state index contributed by atoms with van der Waals surface area (Å²) in [6.07, 6.45) is 4.83. The molecule has 0 unspecified atom stereocenters. The van der Waals surface area contributed by atoms with E-state index in [-0.39, 0.29) is 0 Å². The highest BCUT2D eigenvalue weighted by Gasteiger charge is 1.94. The molecule has 0 atom stereocenters. The minimum Gasteiger partial charge on any atom is -0.264 e. The van der Waals surface area contributed by atoms with Crippen molar-refractivity contribution in [3.63, 3.8) is 0 Å². The standard InChI is InChI=1S/C10H19N5S/c1-8(2)9(3)11-6-13-15-10(4)12-7-14-16-5/h6-8H,1-5H3,(H,12,14,15)/b11-9+,13-6-. The van der Waals surface area contributed by atoms with E-state index in [9.17, 15) is 0 Å². The summed E-state index contributed by atoms with van der Waals surface area (Å²) in [7, 11) is 0. The number of nitrogens with one attached hydrogen (secondary N) is 1. The highest BCUT2D eigenvalue weighted by atomic mass is 32.2. The fourth-order valence-corrected chi connectivity index (χ4v) is 0.719. The molecule has 0 rings (SSSR count). The van der Waals surface area contributed by atoms with Crippen LogP contribution >= 0.6 is 11.9 Å². The van der Waals surface area contributed by atoms with Gasteiger partial charge in [0.1, 0.15) is 18.5 Å². The third-order valence-corrected chi connectivity index (χ3v) is 2.09. The van der Waals surface area contributed by atoms with Gasteiger partial charge in [-0.05, 0) is 31.7 Å². The number of hydrogen-bond acceptors (Lipinski definition) is 3. The maximum absolute atomic E-state index is 4.16. The molecular formula is C10H19N5S. The topological polar surface area (TPSA) is 61.5 Å². The third-order valence-electron chi connectivity index (χ3n) is 1.78. The largest absolute Gasteiger partial charge is 0.264 e. The van der Waals surface area contributed by atoms with Crippen LogP contribution in [0.15, 0.2) is 19.5 Å². The summed E-state index contributed by atoms with van der Waals surface area (Å²) in [5.41, 5.74) is 3.79. The van der Waals surface area contributed by atoms with Crippen molar-refractivity contribution >= 4 is 36.2 Å². The van der Waals surface area contributed by atoms with Crippen LogP contribution in [0.3, 0.4) is 0 Å². The Morgan fingerprint density at radius 2 is 1.88 bits per heavy atom. The minimum atomic E-state index is 0.440. The lowest BCUT2D eigenvalue weighted by molar-refractivity contribution is 0.880. The molecule has 0 aliphatic heterocycles. The Hall–Kier alpha value is -1.17. The summed E-state index contributed by atoms with van der Waals surface area (Å²) in [6, 6.07) is 0. The monoisotopic (exact) mass is 241 g/mol. The van der Waals surface area contributed by atoms with Gasteiger partial charge >= 0.3 is 0 Å². The van der Waals surface area contributed by atoms with Gasteiger partial charge in [-0.1, -0.05) is 13.8 Å². The highest BCUT2D eigenvalue weighted by molar-refractivity contribution is 7.97. The zero-order chi connectivity index (χ0) is 12.4. The van der Waals surface area contributed by atoms with Gasteiger partial charge < -0.3 is 0 Å². The number of nitrogens with zero attached hydrogens (tertiary/aromatic N) is 4. The van der Waals surface area contributed by atoms with Crippen molar-refractivity contribution in [2.24, 2.45) is 25.4 Å². The molecule has 6 heteroatoms. The van der Waals surface area contributed by atoms with Crippen LogP contribution in [0.2, 0.25) is 0 Å². The van der Waals surface area contributed by atoms with Crippen molar-refractivity contribution in [3.05, 3.63) is 0 Å². The maximum Gasteiger partial charge on any atom is 0.135 e. The number of hydrazone groups is 1. The predicted molar refractivity (Wildman–Crippen MR) is 74.7 cm³/mol. The fourth-order valence-electron chi connectivity index (χ4n) is 0.577. The molecule has 0 amide bonds. The van der Waals surface area contributed by atoms with E-state index < -0.39 is 0 Å². The van der Waals surface area contributed by atoms with E-state index in [4.69, 9.17) is 0 Å². The molecule has 0 bridgehead atoms. The average molecular weight is 241 g/mol. The highest BCUT2D eigenvalue weighted by Crippen LogP contribution is 1.94. The Kier molecular flexibility index (Phi) is 8.42. The average Bonchev–Trinajstić information content (AvgIpc) is 2.24. The lowest BCUT2D eigenvalue weighted by atomic mass is 10.1. The smallest absolute Gasteiger partial charge is 0.135 e. The van der Waals surface area contributed by atoms with Crippen molar-refractivity contribution in [2.75, 3.05) is 6.26 Å². The van der Waals surface area contributed by atoms with Gasteiger partial charge in [-0.2, -0.15) is 5.10 Å². The molecule has 0 saturated heterocycles. The molecule has 0 aromatic heterocycles. The Morgan fingerprint density at radius 1 is 1.19 bits per heavy atom. The summed E-state index contributed by atoms with van der Waals surface area (Å²) in [4.78, 5) is 8.16. The molecule has 1 N–H and O–H groups in total. The second-order valence-electron chi connectivity index (χ2n) is 3.40. The Labute approximate surface area is 101 Å². The molecule has 0 spiro atoms. The van der Waals surface area contributed by atoms with Crippen molar-refractivity contribution in [1.82, 2.24) is 5.43 Å². The number of aliphatic imine (C=N–C) groups is 2. The van der Waals surface area contributed by atoms with Gasteiger partial charge in [0, 0.05) is 12.0 Å². The Balaban J connectivity index is 4.05.